The molecule has 3 nitrogen and oxygen atoms in total. The molecule has 3 rings (SSSR count). The van der Waals surface area contributed by atoms with Gasteiger partial charge in [-0.25, -0.2) is 4.39 Å². The maximum atomic E-state index is 13.1. The number of carbonyl (C=O) groups is 1. The van der Waals surface area contributed by atoms with E-state index in [2.05, 4.69) is 17.4 Å². The molecule has 0 saturated heterocycles. The maximum Gasteiger partial charge on any atom is 0.287 e. The number of benzene rings is 3. The number of anilines is 1. The molecule has 0 fully saturated rings. The molecule has 132 valence electrons. The van der Waals surface area contributed by atoms with Gasteiger partial charge in [0, 0.05) is 16.8 Å². The van der Waals surface area contributed by atoms with Crippen LogP contribution in [-0.2, 0) is 11.3 Å². The summed E-state index contributed by atoms with van der Waals surface area (Å²) >= 11 is 0. The normalized spacial score (nSPS) is 13.0. The minimum absolute atomic E-state index is 0.115. The van der Waals surface area contributed by atoms with Crippen LogP contribution in [0.15, 0.2) is 84.9 Å². The third-order valence-corrected chi connectivity index (χ3v) is 4.33. The number of nitrogens with one attached hydrogen (secondary N) is 2. The van der Waals surface area contributed by atoms with E-state index in [0.29, 0.717) is 5.69 Å². The van der Waals surface area contributed by atoms with Gasteiger partial charge in [0.2, 0.25) is 0 Å². The lowest BCUT2D eigenvalue weighted by molar-refractivity contribution is -0.915. The van der Waals surface area contributed by atoms with Crippen LogP contribution >= 0.6 is 0 Å². The minimum atomic E-state index is -0.374. The molecule has 2 atom stereocenters. The zero-order valence-corrected chi connectivity index (χ0v) is 14.7. The number of amides is 1. The summed E-state index contributed by atoms with van der Waals surface area (Å²) in [6.07, 6.45) is 0. The van der Waals surface area contributed by atoms with Crippen molar-refractivity contribution in [1.29, 1.82) is 0 Å². The van der Waals surface area contributed by atoms with Crippen molar-refractivity contribution in [2.24, 2.45) is 0 Å². The van der Waals surface area contributed by atoms with Crippen molar-refractivity contribution >= 4 is 11.6 Å². The van der Waals surface area contributed by atoms with Gasteiger partial charge < -0.3 is 10.2 Å². The summed E-state index contributed by atoms with van der Waals surface area (Å²) in [6, 6.07) is 25.3. The number of rotatable bonds is 6. The number of likely N-dealkylation sites (N-methyl/N-ethyl adjacent to an activating group) is 1. The van der Waals surface area contributed by atoms with Crippen molar-refractivity contribution in [1.82, 2.24) is 0 Å². The van der Waals surface area contributed by atoms with Gasteiger partial charge in [-0.1, -0.05) is 60.7 Å². The third kappa shape index (κ3) is 4.55. The van der Waals surface area contributed by atoms with E-state index in [0.717, 1.165) is 17.0 Å². The first-order valence-corrected chi connectivity index (χ1v) is 8.61. The van der Waals surface area contributed by atoms with E-state index in [1.165, 1.54) is 17.7 Å². The quantitative estimate of drug-likeness (QED) is 0.704. The van der Waals surface area contributed by atoms with E-state index in [1.807, 2.05) is 55.6 Å². The summed E-state index contributed by atoms with van der Waals surface area (Å²) in [6.45, 7) is 0.719. The number of hydrogen-bond donors (Lipinski definition) is 2. The van der Waals surface area contributed by atoms with E-state index >= 15 is 0 Å². The molecule has 0 bridgehead atoms. The smallest absolute Gasteiger partial charge is 0.287 e. The second kappa shape index (κ2) is 8.41. The molecule has 0 aliphatic heterocycles. The topological polar surface area (TPSA) is 33.5 Å². The van der Waals surface area contributed by atoms with Crippen LogP contribution in [0.5, 0.6) is 0 Å². The Morgan fingerprint density at radius 3 is 2.12 bits per heavy atom. The molecule has 0 aliphatic rings. The van der Waals surface area contributed by atoms with Crippen molar-refractivity contribution in [3.05, 3.63) is 102 Å². The van der Waals surface area contributed by atoms with Crippen LogP contribution in [0.2, 0.25) is 0 Å². The fraction of sp³-hybridized carbons (Fsp3) is 0.136. The molecule has 0 spiro atoms. The van der Waals surface area contributed by atoms with Crippen LogP contribution in [0.1, 0.15) is 17.2 Å². The number of quaternary nitrogens is 1. The van der Waals surface area contributed by atoms with E-state index in [9.17, 15) is 9.18 Å². The first kappa shape index (κ1) is 17.8. The highest BCUT2D eigenvalue weighted by Gasteiger charge is 2.29. The van der Waals surface area contributed by atoms with Crippen molar-refractivity contribution in [2.75, 3.05) is 12.4 Å². The van der Waals surface area contributed by atoms with E-state index in [-0.39, 0.29) is 17.8 Å². The average Bonchev–Trinajstić information content (AvgIpc) is 2.65. The minimum Gasteiger partial charge on any atom is -0.321 e. The molecule has 3 aromatic carbocycles. The number of halogens is 1. The Balaban J connectivity index is 1.83. The van der Waals surface area contributed by atoms with Gasteiger partial charge in [0.05, 0.1) is 7.05 Å². The van der Waals surface area contributed by atoms with Gasteiger partial charge in [-0.3, -0.25) is 4.79 Å². The summed E-state index contributed by atoms with van der Waals surface area (Å²) in [7, 11) is 2.01. The summed E-state index contributed by atoms with van der Waals surface area (Å²) < 4.78 is 13.1. The van der Waals surface area contributed by atoms with E-state index < -0.39 is 0 Å². The van der Waals surface area contributed by atoms with Gasteiger partial charge in [0.25, 0.3) is 5.91 Å². The van der Waals surface area contributed by atoms with Crippen LogP contribution < -0.4 is 10.2 Å². The largest absolute Gasteiger partial charge is 0.321 e. The van der Waals surface area contributed by atoms with Gasteiger partial charge in [0.15, 0.2) is 6.04 Å². The van der Waals surface area contributed by atoms with Crippen LogP contribution in [0, 0.1) is 5.82 Å². The van der Waals surface area contributed by atoms with Crippen molar-refractivity contribution in [3.63, 3.8) is 0 Å². The van der Waals surface area contributed by atoms with Crippen LogP contribution in [0.3, 0.4) is 0 Å². The average molecular weight is 349 g/mol. The van der Waals surface area contributed by atoms with E-state index in [4.69, 9.17) is 0 Å². The zero-order valence-electron chi connectivity index (χ0n) is 14.7. The molecule has 4 heteroatoms. The maximum absolute atomic E-state index is 13.1. The first-order valence-electron chi connectivity index (χ1n) is 8.61. The Bertz CT molecular complexity index is 835. The molecule has 0 heterocycles. The SMILES string of the molecule is C[NH+](Cc1ccccc1)[C@H](C(=O)Nc1ccc(F)cc1)c1ccccc1. The predicted molar refractivity (Wildman–Crippen MR) is 101 cm³/mol. The zero-order chi connectivity index (χ0) is 18.4. The fourth-order valence-electron chi connectivity index (χ4n) is 3.07. The molecule has 0 aromatic heterocycles. The molecule has 0 saturated carbocycles. The molecule has 0 radical (unpaired) electrons. The Hall–Kier alpha value is -2.98. The van der Waals surface area contributed by atoms with Crippen molar-refractivity contribution in [3.8, 4) is 0 Å². The monoisotopic (exact) mass is 349 g/mol. The lowest BCUT2D eigenvalue weighted by Gasteiger charge is -2.25. The summed E-state index contributed by atoms with van der Waals surface area (Å²) in [5.74, 6) is -0.439. The summed E-state index contributed by atoms with van der Waals surface area (Å²) in [5.41, 5.74) is 2.70. The van der Waals surface area contributed by atoms with Gasteiger partial charge in [-0.2, -0.15) is 0 Å². The highest BCUT2D eigenvalue weighted by atomic mass is 19.1. The molecule has 1 amide bonds. The van der Waals surface area contributed by atoms with E-state index in [1.54, 1.807) is 12.1 Å². The van der Waals surface area contributed by atoms with Gasteiger partial charge in [-0.05, 0) is 24.3 Å². The molecule has 0 aliphatic carbocycles. The van der Waals surface area contributed by atoms with Crippen molar-refractivity contribution in [2.45, 2.75) is 12.6 Å². The van der Waals surface area contributed by atoms with Gasteiger partial charge >= 0.3 is 0 Å². The molecular formula is C22H22FN2O+. The lowest BCUT2D eigenvalue weighted by Crippen LogP contribution is -3.09. The van der Waals surface area contributed by atoms with Crippen LogP contribution in [0.4, 0.5) is 10.1 Å². The Morgan fingerprint density at radius 2 is 1.50 bits per heavy atom. The summed E-state index contributed by atoms with van der Waals surface area (Å²) in [4.78, 5) is 14.1. The Morgan fingerprint density at radius 1 is 0.923 bits per heavy atom. The first-order chi connectivity index (χ1) is 12.6. The predicted octanol–water partition coefficient (Wildman–Crippen LogP) is 3.22. The molecule has 2 N–H and O–H groups in total. The highest BCUT2D eigenvalue weighted by Crippen LogP contribution is 2.15. The lowest BCUT2D eigenvalue weighted by atomic mass is 10.0. The molecule has 26 heavy (non-hydrogen) atoms. The summed E-state index contributed by atoms with van der Waals surface area (Å²) in [5, 5.41) is 2.91. The van der Waals surface area contributed by atoms with Gasteiger partial charge in [-0.15, -0.1) is 0 Å². The molecule has 1 unspecified atom stereocenters. The van der Waals surface area contributed by atoms with Crippen LogP contribution in [0.25, 0.3) is 0 Å². The highest BCUT2D eigenvalue weighted by molar-refractivity contribution is 5.94. The van der Waals surface area contributed by atoms with Crippen LogP contribution in [-0.4, -0.2) is 13.0 Å². The standard InChI is InChI=1S/C22H21FN2O/c1-25(16-17-8-4-2-5-9-17)21(18-10-6-3-7-11-18)22(26)24-20-14-12-19(23)13-15-20/h2-15,21H,16H2,1H3,(H,24,26)/p+1/t21-/m0/s1. The Labute approximate surface area is 153 Å². The fourth-order valence-corrected chi connectivity index (χ4v) is 3.07. The number of hydrogen-bond acceptors (Lipinski definition) is 1. The molecule has 3 aromatic rings. The van der Waals surface area contributed by atoms with Crippen molar-refractivity contribution < 1.29 is 14.1 Å². The second-order valence-electron chi connectivity index (χ2n) is 6.35. The molecular weight excluding hydrogens is 327 g/mol. The number of carbonyl (C=O) groups excluding carboxylic acids is 1. The third-order valence-electron chi connectivity index (χ3n) is 4.33. The second-order valence-corrected chi connectivity index (χ2v) is 6.35. The van der Waals surface area contributed by atoms with Gasteiger partial charge in [0.1, 0.15) is 12.4 Å². The Kier molecular flexibility index (Phi) is 5.77.